The number of ketones is 2. The SMILES string of the molecule is CN(C)C1C(O)=C(C(N)=O)C(=O)C2(O)C(O)=C3C(=O)c4c(O)ccc(-c5ccc6c(c5)OCO6)c4CC3CC12. The molecule has 0 spiro atoms. The van der Waals surface area contributed by atoms with Crippen LogP contribution in [0.1, 0.15) is 22.3 Å². The number of amides is 1. The Morgan fingerprint density at radius 3 is 2.49 bits per heavy atom. The third-order valence-corrected chi connectivity index (χ3v) is 8.29. The van der Waals surface area contributed by atoms with Crippen molar-refractivity contribution in [2.75, 3.05) is 20.9 Å². The van der Waals surface area contributed by atoms with Gasteiger partial charge in [-0.2, -0.15) is 0 Å². The van der Waals surface area contributed by atoms with Crippen LogP contribution in [0.4, 0.5) is 0 Å². The highest BCUT2D eigenvalue weighted by Crippen LogP contribution is 2.53. The summed E-state index contributed by atoms with van der Waals surface area (Å²) in [5.74, 6) is -5.70. The second kappa shape index (κ2) is 8.32. The van der Waals surface area contributed by atoms with Gasteiger partial charge in [-0.05, 0) is 67.7 Å². The molecule has 1 amide bonds. The zero-order valence-corrected chi connectivity index (χ0v) is 21.1. The van der Waals surface area contributed by atoms with E-state index in [1.54, 1.807) is 32.3 Å². The molecule has 202 valence electrons. The molecule has 2 aromatic rings. The van der Waals surface area contributed by atoms with Gasteiger partial charge in [0.1, 0.15) is 22.8 Å². The lowest BCUT2D eigenvalue weighted by Gasteiger charge is -2.50. The van der Waals surface area contributed by atoms with Crippen LogP contribution < -0.4 is 15.2 Å². The molecule has 4 aliphatic rings. The fourth-order valence-electron chi connectivity index (χ4n) is 6.59. The van der Waals surface area contributed by atoms with Crippen molar-refractivity contribution < 1.29 is 44.3 Å². The first-order chi connectivity index (χ1) is 18.5. The Balaban J connectivity index is 1.53. The van der Waals surface area contributed by atoms with Crippen LogP contribution in [-0.2, 0) is 16.0 Å². The number of nitrogens with zero attached hydrogens (tertiary/aromatic N) is 1. The number of fused-ring (bicyclic) bond motifs is 4. The molecule has 0 fully saturated rings. The molecule has 3 aliphatic carbocycles. The second-order valence-electron chi connectivity index (χ2n) is 10.5. The topological polar surface area (TPSA) is 180 Å². The number of hydrogen-bond acceptors (Lipinski definition) is 10. The third-order valence-electron chi connectivity index (χ3n) is 8.29. The molecule has 1 aliphatic heterocycles. The van der Waals surface area contributed by atoms with Crippen molar-refractivity contribution >= 4 is 17.5 Å². The molecule has 39 heavy (non-hydrogen) atoms. The number of carbonyl (C=O) groups is 3. The first kappa shape index (κ1) is 25.0. The molecule has 11 heteroatoms. The van der Waals surface area contributed by atoms with Gasteiger partial charge in [0.05, 0.1) is 11.6 Å². The standard InChI is InChI=1S/C28H26N2O9/c1-30(2)22-15-8-12-7-14-13(11-3-6-17-18(9-11)39-10-38-17)4-5-16(31)20(14)23(32)19(12)25(34)28(15,37)26(35)21(24(22)33)27(29)36/h3-6,9,12,15,22,31,33-34,37H,7-8,10H2,1-2H3,(H2,29,36). The van der Waals surface area contributed by atoms with Gasteiger partial charge in [0, 0.05) is 11.5 Å². The molecular formula is C28H26N2O9. The smallest absolute Gasteiger partial charge is 0.255 e. The molecule has 2 aromatic carbocycles. The minimum atomic E-state index is -2.67. The van der Waals surface area contributed by atoms with Gasteiger partial charge < -0.3 is 35.6 Å². The summed E-state index contributed by atoms with van der Waals surface area (Å²) in [6.07, 6.45) is 0.203. The summed E-state index contributed by atoms with van der Waals surface area (Å²) in [6.45, 7) is 0.0925. The van der Waals surface area contributed by atoms with Crippen molar-refractivity contribution in [3.05, 3.63) is 64.1 Å². The van der Waals surface area contributed by atoms with Gasteiger partial charge in [-0.1, -0.05) is 12.1 Å². The van der Waals surface area contributed by atoms with Crippen LogP contribution in [0.25, 0.3) is 11.1 Å². The van der Waals surface area contributed by atoms with E-state index in [9.17, 15) is 34.8 Å². The average Bonchev–Trinajstić information content (AvgIpc) is 3.34. The van der Waals surface area contributed by atoms with Crippen LogP contribution >= 0.6 is 0 Å². The van der Waals surface area contributed by atoms with Crippen molar-refractivity contribution in [3.63, 3.8) is 0 Å². The number of phenolic OH excluding ortho intramolecular Hbond substituents is 1. The summed E-state index contributed by atoms with van der Waals surface area (Å²) in [6, 6.07) is 7.34. The number of rotatable bonds is 3. The molecule has 0 aromatic heterocycles. The largest absolute Gasteiger partial charge is 0.510 e. The monoisotopic (exact) mass is 534 g/mol. The maximum atomic E-state index is 13.9. The van der Waals surface area contributed by atoms with E-state index in [4.69, 9.17) is 15.2 Å². The number of aromatic hydroxyl groups is 1. The summed E-state index contributed by atoms with van der Waals surface area (Å²) >= 11 is 0. The number of ether oxygens (including phenoxy) is 2. The zero-order valence-electron chi connectivity index (χ0n) is 21.1. The van der Waals surface area contributed by atoms with Crippen molar-refractivity contribution in [3.8, 4) is 28.4 Å². The van der Waals surface area contributed by atoms with E-state index in [-0.39, 0.29) is 36.5 Å². The van der Waals surface area contributed by atoms with Crippen LogP contribution in [0.2, 0.25) is 0 Å². The number of Topliss-reactive ketones (excluding diaryl/α,β-unsaturated/α-hetero) is 2. The Labute approximate surface area is 222 Å². The first-order valence-corrected chi connectivity index (χ1v) is 12.4. The minimum Gasteiger partial charge on any atom is -0.510 e. The summed E-state index contributed by atoms with van der Waals surface area (Å²) < 4.78 is 10.9. The number of primary amides is 1. The number of aliphatic hydroxyl groups excluding tert-OH is 2. The number of nitrogens with two attached hydrogens (primary N) is 1. The van der Waals surface area contributed by atoms with E-state index in [1.165, 1.54) is 11.0 Å². The van der Waals surface area contributed by atoms with E-state index in [0.717, 1.165) is 5.56 Å². The van der Waals surface area contributed by atoms with E-state index in [1.807, 2.05) is 6.07 Å². The molecule has 11 nitrogen and oxygen atoms in total. The Bertz CT molecular complexity index is 1560. The number of carbonyl (C=O) groups excluding carboxylic acids is 3. The predicted octanol–water partition coefficient (Wildman–Crippen LogP) is 1.52. The van der Waals surface area contributed by atoms with Gasteiger partial charge in [0.15, 0.2) is 22.9 Å². The number of aliphatic hydroxyl groups is 3. The lowest BCUT2D eigenvalue weighted by atomic mass is 9.58. The molecular weight excluding hydrogens is 508 g/mol. The highest BCUT2D eigenvalue weighted by atomic mass is 16.7. The van der Waals surface area contributed by atoms with E-state index in [2.05, 4.69) is 0 Å². The van der Waals surface area contributed by atoms with Crippen molar-refractivity contribution in [1.29, 1.82) is 0 Å². The van der Waals surface area contributed by atoms with Crippen LogP contribution in [0.5, 0.6) is 17.2 Å². The van der Waals surface area contributed by atoms with Gasteiger partial charge in [0.25, 0.3) is 5.91 Å². The summed E-state index contributed by atoms with van der Waals surface area (Å²) in [5, 5.41) is 44.7. The molecule has 1 heterocycles. The molecule has 4 unspecified atom stereocenters. The molecule has 0 saturated carbocycles. The van der Waals surface area contributed by atoms with Gasteiger partial charge in [-0.3, -0.25) is 19.3 Å². The Morgan fingerprint density at radius 2 is 1.79 bits per heavy atom. The minimum absolute atomic E-state index is 0.0159. The van der Waals surface area contributed by atoms with E-state index >= 15 is 0 Å². The molecule has 0 radical (unpaired) electrons. The van der Waals surface area contributed by atoms with Crippen molar-refractivity contribution in [2.45, 2.75) is 24.5 Å². The molecule has 0 saturated heterocycles. The van der Waals surface area contributed by atoms with Crippen LogP contribution in [0.15, 0.2) is 53.0 Å². The van der Waals surface area contributed by atoms with Crippen molar-refractivity contribution in [1.82, 2.24) is 4.90 Å². The molecule has 6 N–H and O–H groups in total. The summed E-state index contributed by atoms with van der Waals surface area (Å²) in [4.78, 5) is 40.9. The zero-order chi connectivity index (χ0) is 28.0. The second-order valence-corrected chi connectivity index (χ2v) is 10.5. The Kier molecular flexibility index (Phi) is 5.33. The quantitative estimate of drug-likeness (QED) is 0.362. The normalized spacial score (nSPS) is 27.4. The number of likely N-dealkylation sites (N-methyl/N-ethyl adjacent to an activating group) is 1. The van der Waals surface area contributed by atoms with Crippen LogP contribution in [0, 0.1) is 11.8 Å². The van der Waals surface area contributed by atoms with Gasteiger partial charge in [-0.25, -0.2) is 0 Å². The first-order valence-electron chi connectivity index (χ1n) is 12.4. The fourth-order valence-corrected chi connectivity index (χ4v) is 6.59. The van der Waals surface area contributed by atoms with Crippen LogP contribution in [0.3, 0.4) is 0 Å². The predicted molar refractivity (Wildman–Crippen MR) is 135 cm³/mol. The number of benzene rings is 2. The Morgan fingerprint density at radius 1 is 1.08 bits per heavy atom. The summed E-state index contributed by atoms with van der Waals surface area (Å²) in [7, 11) is 3.17. The highest BCUT2D eigenvalue weighted by molar-refractivity contribution is 6.24. The number of allylic oxidation sites excluding steroid dienone is 1. The van der Waals surface area contributed by atoms with Gasteiger partial charge >= 0.3 is 0 Å². The molecule has 6 rings (SSSR count). The van der Waals surface area contributed by atoms with E-state index < -0.39 is 58.0 Å². The fraction of sp³-hybridized carbons (Fsp3) is 0.321. The number of hydrogen-bond donors (Lipinski definition) is 5. The number of phenols is 1. The maximum Gasteiger partial charge on any atom is 0.255 e. The molecule has 4 atom stereocenters. The van der Waals surface area contributed by atoms with Crippen molar-refractivity contribution in [2.24, 2.45) is 17.6 Å². The lowest BCUT2D eigenvalue weighted by molar-refractivity contribution is -0.148. The third kappa shape index (κ3) is 3.26. The lowest BCUT2D eigenvalue weighted by Crippen LogP contribution is -2.63. The van der Waals surface area contributed by atoms with Gasteiger partial charge in [0.2, 0.25) is 12.6 Å². The average molecular weight is 535 g/mol. The maximum absolute atomic E-state index is 13.9. The Hall–Kier alpha value is -4.35. The summed E-state index contributed by atoms with van der Waals surface area (Å²) in [5.41, 5.74) is 3.52. The van der Waals surface area contributed by atoms with E-state index in [0.29, 0.717) is 22.6 Å². The van der Waals surface area contributed by atoms with Gasteiger partial charge in [-0.15, -0.1) is 0 Å². The van der Waals surface area contributed by atoms with Crippen LogP contribution in [-0.4, -0.2) is 75.3 Å². The highest BCUT2D eigenvalue weighted by Gasteiger charge is 2.63. The molecule has 0 bridgehead atoms.